The molecule has 0 aliphatic rings. The van der Waals surface area contributed by atoms with E-state index in [9.17, 15) is 4.79 Å². The normalized spacial score (nSPS) is 11.7. The number of aryl methyl sites for hydroxylation is 2. The second-order valence-electron chi connectivity index (χ2n) is 6.16. The van der Waals surface area contributed by atoms with Crippen molar-refractivity contribution >= 4 is 11.6 Å². The van der Waals surface area contributed by atoms with E-state index >= 15 is 0 Å². The van der Waals surface area contributed by atoms with Gasteiger partial charge in [-0.25, -0.2) is 0 Å². The predicted molar refractivity (Wildman–Crippen MR) is 97.0 cm³/mol. The molecule has 1 N–H and O–H groups in total. The van der Waals surface area contributed by atoms with Gasteiger partial charge in [0, 0.05) is 11.6 Å². The number of rotatable bonds is 6. The summed E-state index contributed by atoms with van der Waals surface area (Å²) in [5.74, 6) is 1.23. The molecule has 0 aromatic heterocycles. The minimum Gasteiger partial charge on any atom is -0.493 e. The van der Waals surface area contributed by atoms with E-state index in [1.54, 1.807) is 14.2 Å². The molecule has 0 aliphatic heterocycles. The fraction of sp³-hybridized carbons (Fsp3) is 0.350. The van der Waals surface area contributed by atoms with E-state index in [2.05, 4.69) is 11.4 Å². The van der Waals surface area contributed by atoms with Gasteiger partial charge in [-0.15, -0.1) is 0 Å². The topological polar surface area (TPSA) is 47.6 Å². The minimum absolute atomic E-state index is 0.00906. The molecule has 2 aromatic rings. The average molecular weight is 327 g/mol. The molecule has 24 heavy (non-hydrogen) atoms. The smallest absolute Gasteiger partial charge is 0.227 e. The van der Waals surface area contributed by atoms with Crippen molar-refractivity contribution in [3.63, 3.8) is 0 Å². The van der Waals surface area contributed by atoms with E-state index in [1.165, 1.54) is 0 Å². The number of methoxy groups -OCH3 is 2. The van der Waals surface area contributed by atoms with E-state index in [1.807, 2.05) is 51.1 Å². The molecule has 1 unspecified atom stereocenters. The maximum absolute atomic E-state index is 12.4. The van der Waals surface area contributed by atoms with Crippen molar-refractivity contribution in [2.75, 3.05) is 19.5 Å². The number of anilines is 1. The molecule has 0 aliphatic carbocycles. The van der Waals surface area contributed by atoms with Crippen LogP contribution < -0.4 is 14.8 Å². The molecule has 0 saturated heterocycles. The molecule has 1 atom stereocenters. The summed E-state index contributed by atoms with van der Waals surface area (Å²) in [4.78, 5) is 12.4. The Bertz CT molecular complexity index is 705. The van der Waals surface area contributed by atoms with Crippen LogP contribution in [-0.4, -0.2) is 20.1 Å². The number of hydrogen-bond acceptors (Lipinski definition) is 3. The lowest BCUT2D eigenvalue weighted by Crippen LogP contribution is -2.22. The molecule has 4 heteroatoms. The maximum atomic E-state index is 12.4. The van der Waals surface area contributed by atoms with E-state index in [0.717, 1.165) is 22.4 Å². The largest absolute Gasteiger partial charge is 0.493 e. The third-order valence-electron chi connectivity index (χ3n) is 3.93. The van der Waals surface area contributed by atoms with Gasteiger partial charge in [0.05, 0.1) is 14.2 Å². The summed E-state index contributed by atoms with van der Waals surface area (Å²) >= 11 is 0. The molecular weight excluding hydrogens is 302 g/mol. The van der Waals surface area contributed by atoms with E-state index in [0.29, 0.717) is 17.9 Å². The predicted octanol–water partition coefficient (Wildman–Crippen LogP) is 4.14. The van der Waals surface area contributed by atoms with Crippen molar-refractivity contribution in [3.8, 4) is 11.5 Å². The van der Waals surface area contributed by atoms with Gasteiger partial charge in [-0.2, -0.15) is 0 Å². The summed E-state index contributed by atoms with van der Waals surface area (Å²) in [6, 6.07) is 11.8. The first kappa shape index (κ1) is 17.9. The molecule has 0 fully saturated rings. The summed E-state index contributed by atoms with van der Waals surface area (Å²) in [5.41, 5.74) is 4.16. The Morgan fingerprint density at radius 3 is 2.21 bits per heavy atom. The molecule has 0 heterocycles. The second-order valence-corrected chi connectivity index (χ2v) is 6.16. The first-order valence-electron chi connectivity index (χ1n) is 8.03. The highest BCUT2D eigenvalue weighted by Gasteiger charge is 2.15. The number of nitrogens with one attached hydrogen (secondary N) is 1. The number of amides is 1. The van der Waals surface area contributed by atoms with Gasteiger partial charge < -0.3 is 14.8 Å². The molecule has 0 spiro atoms. The lowest BCUT2D eigenvalue weighted by molar-refractivity contribution is -0.119. The number of ether oxygens (including phenoxy) is 2. The van der Waals surface area contributed by atoms with Crippen molar-refractivity contribution in [1.82, 2.24) is 0 Å². The van der Waals surface area contributed by atoms with Crippen LogP contribution in [0.2, 0.25) is 0 Å². The molecule has 0 saturated carbocycles. The van der Waals surface area contributed by atoms with Gasteiger partial charge in [-0.1, -0.05) is 19.1 Å². The number of carbonyl (C=O) groups is 1. The van der Waals surface area contributed by atoms with Crippen LogP contribution in [0.4, 0.5) is 5.69 Å². The van der Waals surface area contributed by atoms with Crippen molar-refractivity contribution < 1.29 is 14.3 Å². The minimum atomic E-state index is -0.149. The zero-order valence-electron chi connectivity index (χ0n) is 15.0. The van der Waals surface area contributed by atoms with Crippen molar-refractivity contribution in [2.24, 2.45) is 5.92 Å². The van der Waals surface area contributed by atoms with Crippen LogP contribution in [0.1, 0.15) is 23.6 Å². The quantitative estimate of drug-likeness (QED) is 0.867. The Morgan fingerprint density at radius 1 is 1.00 bits per heavy atom. The van der Waals surface area contributed by atoms with Gasteiger partial charge in [0.1, 0.15) is 0 Å². The molecule has 2 rings (SSSR count). The first-order valence-corrected chi connectivity index (χ1v) is 8.03. The lowest BCUT2D eigenvalue weighted by atomic mass is 9.99. The van der Waals surface area contributed by atoms with Gasteiger partial charge >= 0.3 is 0 Å². The van der Waals surface area contributed by atoms with Crippen LogP contribution >= 0.6 is 0 Å². The van der Waals surface area contributed by atoms with Crippen LogP contribution in [0.25, 0.3) is 0 Å². The molecule has 0 bridgehead atoms. The first-order chi connectivity index (χ1) is 11.4. The van der Waals surface area contributed by atoms with Gasteiger partial charge in [0.15, 0.2) is 11.5 Å². The molecule has 4 nitrogen and oxygen atoms in total. The van der Waals surface area contributed by atoms with Crippen LogP contribution in [0.3, 0.4) is 0 Å². The molecule has 128 valence electrons. The highest BCUT2D eigenvalue weighted by atomic mass is 16.5. The summed E-state index contributed by atoms with van der Waals surface area (Å²) in [6.45, 7) is 5.97. The SMILES string of the molecule is COc1ccc(CC(C)C(=O)Nc2cc(C)cc(C)c2)cc1OC. The van der Waals surface area contributed by atoms with E-state index in [4.69, 9.17) is 9.47 Å². The molecular formula is C20H25NO3. The summed E-state index contributed by atoms with van der Waals surface area (Å²) in [7, 11) is 3.22. The molecule has 1 amide bonds. The second kappa shape index (κ2) is 7.86. The molecule has 0 radical (unpaired) electrons. The van der Waals surface area contributed by atoms with Crippen molar-refractivity contribution in [3.05, 3.63) is 53.1 Å². The van der Waals surface area contributed by atoms with Crippen molar-refractivity contribution in [2.45, 2.75) is 27.2 Å². The fourth-order valence-corrected chi connectivity index (χ4v) is 2.77. The number of carbonyl (C=O) groups excluding carboxylic acids is 1. The maximum Gasteiger partial charge on any atom is 0.227 e. The third kappa shape index (κ3) is 4.51. The number of benzene rings is 2. The van der Waals surface area contributed by atoms with Crippen molar-refractivity contribution in [1.29, 1.82) is 0 Å². The zero-order valence-corrected chi connectivity index (χ0v) is 15.0. The third-order valence-corrected chi connectivity index (χ3v) is 3.93. The lowest BCUT2D eigenvalue weighted by Gasteiger charge is -2.15. The Kier molecular flexibility index (Phi) is 5.85. The van der Waals surface area contributed by atoms with Crippen LogP contribution in [-0.2, 0) is 11.2 Å². The van der Waals surface area contributed by atoms with Gasteiger partial charge in [0.2, 0.25) is 5.91 Å². The Morgan fingerprint density at radius 2 is 1.62 bits per heavy atom. The fourth-order valence-electron chi connectivity index (χ4n) is 2.77. The van der Waals surface area contributed by atoms with Gasteiger partial charge in [-0.05, 0) is 61.2 Å². The number of hydrogen-bond donors (Lipinski definition) is 1. The Hall–Kier alpha value is -2.49. The van der Waals surface area contributed by atoms with Crippen LogP contribution in [0.5, 0.6) is 11.5 Å². The standard InChI is InChI=1S/C20H25NO3/c1-13-8-14(2)10-17(9-13)21-20(22)15(3)11-16-6-7-18(23-4)19(12-16)24-5/h6-10,12,15H,11H2,1-5H3,(H,21,22). The zero-order chi connectivity index (χ0) is 17.7. The van der Waals surface area contributed by atoms with Crippen LogP contribution in [0.15, 0.2) is 36.4 Å². The summed E-state index contributed by atoms with van der Waals surface area (Å²) in [6.07, 6.45) is 0.636. The highest BCUT2D eigenvalue weighted by Crippen LogP contribution is 2.28. The summed E-state index contributed by atoms with van der Waals surface area (Å²) < 4.78 is 10.6. The van der Waals surface area contributed by atoms with E-state index < -0.39 is 0 Å². The molecule has 2 aromatic carbocycles. The Balaban J connectivity index is 2.06. The Labute approximate surface area is 143 Å². The highest BCUT2D eigenvalue weighted by molar-refractivity contribution is 5.92. The van der Waals surface area contributed by atoms with Gasteiger partial charge in [-0.3, -0.25) is 4.79 Å². The summed E-state index contributed by atoms with van der Waals surface area (Å²) in [5, 5.41) is 3.00. The van der Waals surface area contributed by atoms with E-state index in [-0.39, 0.29) is 11.8 Å². The van der Waals surface area contributed by atoms with Crippen LogP contribution in [0, 0.1) is 19.8 Å². The average Bonchev–Trinajstić information content (AvgIpc) is 2.53. The monoisotopic (exact) mass is 327 g/mol. The van der Waals surface area contributed by atoms with Gasteiger partial charge in [0.25, 0.3) is 0 Å².